The number of para-hydroxylation sites is 1. The van der Waals surface area contributed by atoms with Gasteiger partial charge in [-0.25, -0.2) is 15.0 Å². The molecule has 0 atom stereocenters. The molecule has 35 heavy (non-hydrogen) atoms. The lowest BCUT2D eigenvalue weighted by Gasteiger charge is -2.03. The number of furan rings is 1. The smallest absolute Gasteiger partial charge is 0.291 e. The van der Waals surface area contributed by atoms with Crippen LogP contribution in [0.5, 0.6) is 0 Å². The Bertz CT molecular complexity index is 1600. The molecular formula is C25H19N7O2S. The van der Waals surface area contributed by atoms with Crippen LogP contribution in [0.15, 0.2) is 95.3 Å². The average Bonchev–Trinajstić information content (AvgIpc) is 3.60. The maximum Gasteiger partial charge on any atom is 0.291 e. The van der Waals surface area contributed by atoms with Crippen LogP contribution in [-0.4, -0.2) is 35.0 Å². The van der Waals surface area contributed by atoms with Gasteiger partial charge in [-0.2, -0.15) is 5.10 Å². The van der Waals surface area contributed by atoms with Gasteiger partial charge in [0.15, 0.2) is 10.9 Å². The Morgan fingerprint density at radius 2 is 1.89 bits per heavy atom. The Morgan fingerprint density at radius 3 is 2.77 bits per heavy atom. The lowest BCUT2D eigenvalue weighted by molar-refractivity contribution is 0.0998. The summed E-state index contributed by atoms with van der Waals surface area (Å²) in [5, 5.41) is 8.81. The molecule has 0 radical (unpaired) electrons. The van der Waals surface area contributed by atoms with Gasteiger partial charge in [0.1, 0.15) is 11.2 Å². The van der Waals surface area contributed by atoms with E-state index in [0.717, 1.165) is 22.3 Å². The van der Waals surface area contributed by atoms with Crippen LogP contribution in [0.1, 0.15) is 21.8 Å². The van der Waals surface area contributed by atoms with E-state index in [4.69, 9.17) is 4.42 Å². The van der Waals surface area contributed by atoms with Gasteiger partial charge in [0, 0.05) is 47.7 Å². The van der Waals surface area contributed by atoms with Crippen molar-refractivity contribution in [2.45, 2.75) is 17.5 Å². The van der Waals surface area contributed by atoms with Crippen molar-refractivity contribution < 1.29 is 9.21 Å². The van der Waals surface area contributed by atoms with Crippen molar-refractivity contribution in [3.63, 3.8) is 0 Å². The number of thioether (sulfide) groups is 1. The standard InChI is InChI=1S/C25H19N7O2S/c33-24(30-17-12-28-32(14-17)15-18-13-31-11-4-3-8-22(31)29-18)23-20(16-35-25-26-9-5-10-27-25)19-6-1-2-7-21(19)34-23/h1-14H,15-16H2,(H,30,33). The highest BCUT2D eigenvalue weighted by molar-refractivity contribution is 7.98. The highest BCUT2D eigenvalue weighted by Gasteiger charge is 2.21. The third-order valence-corrected chi connectivity index (χ3v) is 6.32. The third-order valence-electron chi connectivity index (χ3n) is 5.42. The maximum atomic E-state index is 13.2. The zero-order valence-electron chi connectivity index (χ0n) is 18.4. The van der Waals surface area contributed by atoms with Gasteiger partial charge < -0.3 is 14.1 Å². The third kappa shape index (κ3) is 4.38. The van der Waals surface area contributed by atoms with Gasteiger partial charge in [-0.05, 0) is 24.3 Å². The van der Waals surface area contributed by atoms with E-state index < -0.39 is 0 Å². The summed E-state index contributed by atoms with van der Waals surface area (Å²) in [6.45, 7) is 0.487. The van der Waals surface area contributed by atoms with Crippen molar-refractivity contribution >= 4 is 40.0 Å². The predicted molar refractivity (Wildman–Crippen MR) is 132 cm³/mol. The van der Waals surface area contributed by atoms with Gasteiger partial charge in [-0.15, -0.1) is 0 Å². The number of rotatable bonds is 7. The first kappa shape index (κ1) is 21.1. The highest BCUT2D eigenvalue weighted by Crippen LogP contribution is 2.31. The van der Waals surface area contributed by atoms with Crippen LogP contribution < -0.4 is 5.32 Å². The zero-order valence-corrected chi connectivity index (χ0v) is 19.2. The molecule has 6 aromatic rings. The van der Waals surface area contributed by atoms with Crippen molar-refractivity contribution in [2.24, 2.45) is 0 Å². The molecule has 0 aliphatic rings. The normalized spacial score (nSPS) is 11.3. The summed E-state index contributed by atoms with van der Waals surface area (Å²) in [7, 11) is 0. The Morgan fingerprint density at radius 1 is 1.03 bits per heavy atom. The summed E-state index contributed by atoms with van der Waals surface area (Å²) in [4.78, 5) is 26.3. The molecule has 6 rings (SSSR count). The number of benzene rings is 1. The van der Waals surface area contributed by atoms with Crippen LogP contribution in [0, 0.1) is 0 Å². The summed E-state index contributed by atoms with van der Waals surface area (Å²) in [5.74, 6) is 0.428. The maximum absolute atomic E-state index is 13.2. The predicted octanol–water partition coefficient (Wildman–Crippen LogP) is 4.66. The molecule has 1 amide bonds. The van der Waals surface area contributed by atoms with E-state index in [9.17, 15) is 4.79 Å². The fourth-order valence-corrected chi connectivity index (χ4v) is 4.68. The van der Waals surface area contributed by atoms with Crippen LogP contribution in [-0.2, 0) is 12.3 Å². The van der Waals surface area contributed by atoms with Gasteiger partial charge in [0.25, 0.3) is 5.91 Å². The second-order valence-corrected chi connectivity index (χ2v) is 8.75. The van der Waals surface area contributed by atoms with Gasteiger partial charge in [-0.3, -0.25) is 9.48 Å². The minimum absolute atomic E-state index is 0.266. The monoisotopic (exact) mass is 481 g/mol. The van der Waals surface area contributed by atoms with Crippen molar-refractivity contribution in [1.29, 1.82) is 0 Å². The van der Waals surface area contributed by atoms with Crippen LogP contribution in [0.25, 0.3) is 16.6 Å². The Labute approximate surface area is 203 Å². The second-order valence-electron chi connectivity index (χ2n) is 7.81. The quantitative estimate of drug-likeness (QED) is 0.261. The molecule has 0 fully saturated rings. The summed E-state index contributed by atoms with van der Waals surface area (Å²) >= 11 is 1.45. The van der Waals surface area contributed by atoms with E-state index in [1.165, 1.54) is 11.8 Å². The molecule has 0 bridgehead atoms. The highest BCUT2D eigenvalue weighted by atomic mass is 32.2. The molecule has 0 aliphatic carbocycles. The average molecular weight is 482 g/mol. The van der Waals surface area contributed by atoms with E-state index in [1.54, 1.807) is 35.5 Å². The number of pyridine rings is 1. The topological polar surface area (TPSA) is 103 Å². The van der Waals surface area contributed by atoms with E-state index >= 15 is 0 Å². The lowest BCUT2D eigenvalue weighted by atomic mass is 10.1. The Balaban J connectivity index is 1.21. The first-order chi connectivity index (χ1) is 17.2. The van der Waals surface area contributed by atoms with Crippen molar-refractivity contribution in [2.75, 3.05) is 5.32 Å². The van der Waals surface area contributed by atoms with Gasteiger partial charge >= 0.3 is 0 Å². The van der Waals surface area contributed by atoms with Crippen molar-refractivity contribution in [1.82, 2.24) is 29.1 Å². The molecule has 0 unspecified atom stereocenters. The fraction of sp³-hybridized carbons (Fsp3) is 0.0800. The number of amides is 1. The number of hydrogen-bond acceptors (Lipinski definition) is 7. The van der Waals surface area contributed by atoms with Gasteiger partial charge in [0.2, 0.25) is 0 Å². The molecule has 1 N–H and O–H groups in total. The number of hydrogen-bond donors (Lipinski definition) is 1. The minimum Gasteiger partial charge on any atom is -0.451 e. The molecule has 0 spiro atoms. The van der Waals surface area contributed by atoms with Gasteiger partial charge in [0.05, 0.1) is 24.1 Å². The molecular weight excluding hydrogens is 462 g/mol. The summed E-state index contributed by atoms with van der Waals surface area (Å²) in [6.07, 6.45) is 10.7. The Kier molecular flexibility index (Phi) is 5.47. The van der Waals surface area contributed by atoms with E-state index in [0.29, 0.717) is 28.7 Å². The van der Waals surface area contributed by atoms with Crippen LogP contribution >= 0.6 is 11.8 Å². The number of fused-ring (bicyclic) bond motifs is 2. The molecule has 5 heterocycles. The van der Waals surface area contributed by atoms with E-state index in [1.807, 2.05) is 59.3 Å². The first-order valence-electron chi connectivity index (χ1n) is 10.9. The molecule has 9 nitrogen and oxygen atoms in total. The van der Waals surface area contributed by atoms with Crippen molar-refractivity contribution in [3.8, 4) is 0 Å². The summed E-state index contributed by atoms with van der Waals surface area (Å²) in [5.41, 5.74) is 3.78. The van der Waals surface area contributed by atoms with E-state index in [-0.39, 0.29) is 11.7 Å². The molecule has 10 heteroatoms. The molecule has 1 aromatic carbocycles. The number of anilines is 1. The fourth-order valence-electron chi connectivity index (χ4n) is 3.85. The largest absolute Gasteiger partial charge is 0.451 e. The molecule has 0 saturated carbocycles. The lowest BCUT2D eigenvalue weighted by Crippen LogP contribution is -2.12. The van der Waals surface area contributed by atoms with Crippen LogP contribution in [0.2, 0.25) is 0 Å². The minimum atomic E-state index is -0.335. The number of nitrogens with zero attached hydrogens (tertiary/aromatic N) is 6. The summed E-state index contributed by atoms with van der Waals surface area (Å²) < 4.78 is 9.65. The van der Waals surface area contributed by atoms with Crippen LogP contribution in [0.3, 0.4) is 0 Å². The second kappa shape index (κ2) is 9.07. The first-order valence-corrected chi connectivity index (χ1v) is 11.9. The van der Waals surface area contributed by atoms with Gasteiger partial charge in [-0.1, -0.05) is 36.0 Å². The molecule has 172 valence electrons. The number of carbonyl (C=O) groups is 1. The number of carbonyl (C=O) groups excluding carboxylic acids is 1. The summed E-state index contributed by atoms with van der Waals surface area (Å²) in [6, 6.07) is 15.2. The number of nitrogens with one attached hydrogen (secondary N) is 1. The molecule has 5 aromatic heterocycles. The van der Waals surface area contributed by atoms with Crippen molar-refractivity contribution in [3.05, 3.63) is 103 Å². The van der Waals surface area contributed by atoms with E-state index in [2.05, 4.69) is 25.4 Å². The number of imidazole rings is 1. The SMILES string of the molecule is O=C(Nc1cnn(Cc2cn3ccccc3n2)c1)c1oc2ccccc2c1CSc1ncccn1. The Hall–Kier alpha value is -4.44. The zero-order chi connectivity index (χ0) is 23.6. The number of aromatic nitrogens is 6. The molecule has 0 aliphatic heterocycles. The van der Waals surface area contributed by atoms with Crippen LogP contribution in [0.4, 0.5) is 5.69 Å². The molecule has 0 saturated heterocycles.